The summed E-state index contributed by atoms with van der Waals surface area (Å²) >= 11 is 0. The maximum absolute atomic E-state index is 11.2. The Hall–Kier alpha value is -1.84. The molecule has 0 aliphatic heterocycles. The Kier molecular flexibility index (Phi) is 5.78. The summed E-state index contributed by atoms with van der Waals surface area (Å²) in [6.45, 7) is 9.83. The number of rotatable bonds is 6. The zero-order valence-corrected chi connectivity index (χ0v) is 7.77. The van der Waals surface area contributed by atoms with Crippen LogP contribution in [0.2, 0.25) is 0 Å². The van der Waals surface area contributed by atoms with Gasteiger partial charge in [-0.2, -0.15) is 0 Å². The quantitative estimate of drug-likeness (QED) is 0.280. The summed E-state index contributed by atoms with van der Waals surface area (Å²) < 4.78 is 8.93. The molecule has 0 N–H and O–H groups in total. The van der Waals surface area contributed by atoms with E-state index in [1.807, 2.05) is 0 Å². The maximum atomic E-state index is 11.2. The van der Waals surface area contributed by atoms with Crippen molar-refractivity contribution in [2.45, 2.75) is 6.42 Å². The highest BCUT2D eigenvalue weighted by molar-refractivity contribution is 5.95. The topological polar surface area (TPSA) is 52.6 Å². The van der Waals surface area contributed by atoms with Crippen LogP contribution in [0.15, 0.2) is 38.3 Å². The molecule has 76 valence electrons. The summed E-state index contributed by atoms with van der Waals surface area (Å²) in [4.78, 5) is 22.3. The van der Waals surface area contributed by atoms with Gasteiger partial charge in [0, 0.05) is 0 Å². The van der Waals surface area contributed by atoms with Crippen LogP contribution >= 0.6 is 0 Å². The van der Waals surface area contributed by atoms with E-state index >= 15 is 0 Å². The van der Waals surface area contributed by atoms with E-state index in [-0.39, 0.29) is 6.42 Å². The average Bonchev–Trinajstić information content (AvgIpc) is 2.14. The van der Waals surface area contributed by atoms with Gasteiger partial charge in [0.05, 0.1) is 12.5 Å². The fraction of sp³-hybridized carbons (Fsp3) is 0.200. The minimum absolute atomic E-state index is 0.152. The van der Waals surface area contributed by atoms with Crippen LogP contribution < -0.4 is 0 Å². The summed E-state index contributed by atoms with van der Waals surface area (Å²) in [5.74, 6) is -2.44. The summed E-state index contributed by atoms with van der Waals surface area (Å²) in [5.41, 5.74) is 0. The highest BCUT2D eigenvalue weighted by Gasteiger charge is 2.27. The van der Waals surface area contributed by atoms with Crippen molar-refractivity contribution in [2.24, 2.45) is 5.92 Å². The molecule has 14 heavy (non-hydrogen) atoms. The van der Waals surface area contributed by atoms with Crippen LogP contribution in [-0.2, 0) is 19.1 Å². The summed E-state index contributed by atoms with van der Waals surface area (Å²) in [6, 6.07) is 0. The number of ether oxygens (including phenoxy) is 2. The lowest BCUT2D eigenvalue weighted by atomic mass is 10.1. The van der Waals surface area contributed by atoms with Crippen LogP contribution in [0.25, 0.3) is 0 Å². The molecule has 0 rings (SSSR count). The van der Waals surface area contributed by atoms with Crippen LogP contribution in [0.4, 0.5) is 0 Å². The molecule has 0 aliphatic rings. The summed E-state index contributed by atoms with van der Waals surface area (Å²) in [6.07, 6.45) is 3.50. The van der Waals surface area contributed by atoms with Crippen molar-refractivity contribution in [3.8, 4) is 0 Å². The zero-order valence-electron chi connectivity index (χ0n) is 7.77. The van der Waals surface area contributed by atoms with Gasteiger partial charge >= 0.3 is 11.9 Å². The predicted molar refractivity (Wildman–Crippen MR) is 50.9 cm³/mol. The van der Waals surface area contributed by atoms with Gasteiger partial charge in [-0.1, -0.05) is 19.2 Å². The number of carbonyl (C=O) groups excluding carboxylic acids is 2. The predicted octanol–water partition coefficient (Wildman–Crippen LogP) is 1.55. The van der Waals surface area contributed by atoms with Gasteiger partial charge in [-0.3, -0.25) is 9.59 Å². The van der Waals surface area contributed by atoms with Gasteiger partial charge < -0.3 is 9.47 Å². The van der Waals surface area contributed by atoms with E-state index in [2.05, 4.69) is 29.2 Å². The third-order valence-electron chi connectivity index (χ3n) is 1.37. The number of hydrogen-bond donors (Lipinski definition) is 0. The standard InChI is InChI=1S/C10H12O4/c1-4-7-8(9(11)13-5-2)10(12)14-6-3/h4-6,8H,1-3,7H2. The molecular weight excluding hydrogens is 184 g/mol. The Balaban J connectivity index is 4.47. The summed E-state index contributed by atoms with van der Waals surface area (Å²) in [7, 11) is 0. The molecule has 0 aromatic rings. The van der Waals surface area contributed by atoms with Gasteiger partial charge in [0.15, 0.2) is 5.92 Å². The lowest BCUT2D eigenvalue weighted by Gasteiger charge is -2.09. The molecule has 4 heteroatoms. The number of hydrogen-bond acceptors (Lipinski definition) is 4. The lowest BCUT2D eigenvalue weighted by molar-refractivity contribution is -0.155. The highest BCUT2D eigenvalue weighted by Crippen LogP contribution is 2.09. The van der Waals surface area contributed by atoms with E-state index in [1.165, 1.54) is 6.08 Å². The van der Waals surface area contributed by atoms with Crippen molar-refractivity contribution in [1.82, 2.24) is 0 Å². The number of allylic oxidation sites excluding steroid dienone is 1. The summed E-state index contributed by atoms with van der Waals surface area (Å²) in [5, 5.41) is 0. The largest absolute Gasteiger partial charge is 0.434 e. The molecule has 0 heterocycles. The SMILES string of the molecule is C=CCC(C(=O)OC=C)C(=O)OC=C. The van der Waals surface area contributed by atoms with Crippen molar-refractivity contribution in [2.75, 3.05) is 0 Å². The minimum atomic E-state index is -1.01. The number of esters is 2. The molecule has 0 aliphatic carbocycles. The molecule has 0 saturated heterocycles. The Labute approximate surface area is 82.5 Å². The second-order valence-electron chi connectivity index (χ2n) is 2.28. The molecule has 0 fully saturated rings. The molecule has 0 bridgehead atoms. The molecule has 0 aromatic carbocycles. The smallest absolute Gasteiger partial charge is 0.325 e. The van der Waals surface area contributed by atoms with E-state index in [9.17, 15) is 9.59 Å². The van der Waals surface area contributed by atoms with Crippen LogP contribution in [0.1, 0.15) is 6.42 Å². The van der Waals surface area contributed by atoms with Gasteiger partial charge in [-0.25, -0.2) is 0 Å². The maximum Gasteiger partial charge on any atom is 0.325 e. The Bertz CT molecular complexity index is 233. The van der Waals surface area contributed by atoms with E-state index in [0.717, 1.165) is 12.5 Å². The Morgan fingerprint density at radius 2 is 1.50 bits per heavy atom. The first-order chi connectivity index (χ1) is 6.67. The van der Waals surface area contributed by atoms with Crippen molar-refractivity contribution >= 4 is 11.9 Å². The first-order valence-corrected chi connectivity index (χ1v) is 3.91. The lowest BCUT2D eigenvalue weighted by Crippen LogP contribution is -2.25. The fourth-order valence-electron chi connectivity index (χ4n) is 0.784. The van der Waals surface area contributed by atoms with Crippen molar-refractivity contribution in [3.63, 3.8) is 0 Å². The molecule has 0 unspecified atom stereocenters. The van der Waals surface area contributed by atoms with Gasteiger partial charge in [-0.15, -0.1) is 6.58 Å². The molecule has 0 radical (unpaired) electrons. The van der Waals surface area contributed by atoms with Gasteiger partial charge in [0.2, 0.25) is 0 Å². The molecule has 0 spiro atoms. The third kappa shape index (κ3) is 3.71. The van der Waals surface area contributed by atoms with Crippen LogP contribution in [-0.4, -0.2) is 11.9 Å². The van der Waals surface area contributed by atoms with E-state index in [4.69, 9.17) is 0 Å². The van der Waals surface area contributed by atoms with Gasteiger partial charge in [0.1, 0.15) is 0 Å². The fourth-order valence-corrected chi connectivity index (χ4v) is 0.784. The molecule has 0 aromatic heterocycles. The van der Waals surface area contributed by atoms with Crippen molar-refractivity contribution in [3.05, 3.63) is 38.3 Å². The van der Waals surface area contributed by atoms with E-state index < -0.39 is 17.9 Å². The van der Waals surface area contributed by atoms with Crippen LogP contribution in [0, 0.1) is 5.92 Å². The van der Waals surface area contributed by atoms with Crippen LogP contribution in [0.3, 0.4) is 0 Å². The van der Waals surface area contributed by atoms with Crippen LogP contribution in [0.5, 0.6) is 0 Å². The number of carbonyl (C=O) groups is 2. The Morgan fingerprint density at radius 3 is 1.79 bits per heavy atom. The van der Waals surface area contributed by atoms with Crippen molar-refractivity contribution < 1.29 is 19.1 Å². The zero-order chi connectivity index (χ0) is 11.0. The first-order valence-electron chi connectivity index (χ1n) is 3.91. The molecule has 0 saturated carbocycles. The average molecular weight is 196 g/mol. The highest BCUT2D eigenvalue weighted by atomic mass is 16.5. The monoisotopic (exact) mass is 196 g/mol. The second kappa shape index (κ2) is 6.65. The molecule has 4 nitrogen and oxygen atoms in total. The Morgan fingerprint density at radius 1 is 1.07 bits per heavy atom. The van der Waals surface area contributed by atoms with Gasteiger partial charge in [-0.05, 0) is 6.42 Å². The van der Waals surface area contributed by atoms with Gasteiger partial charge in [0.25, 0.3) is 0 Å². The normalized spacial score (nSPS) is 8.93. The molecule has 0 amide bonds. The van der Waals surface area contributed by atoms with E-state index in [1.54, 1.807) is 0 Å². The van der Waals surface area contributed by atoms with Crippen molar-refractivity contribution in [1.29, 1.82) is 0 Å². The first kappa shape index (κ1) is 12.2. The minimum Gasteiger partial charge on any atom is -0.434 e. The van der Waals surface area contributed by atoms with E-state index in [0.29, 0.717) is 0 Å². The molecular formula is C10H12O4. The molecule has 0 atom stereocenters. The second-order valence-corrected chi connectivity index (χ2v) is 2.28. The third-order valence-corrected chi connectivity index (χ3v) is 1.37.